The van der Waals surface area contributed by atoms with Crippen molar-refractivity contribution in [3.8, 4) is 16.5 Å². The molecule has 0 unspecified atom stereocenters. The van der Waals surface area contributed by atoms with E-state index in [2.05, 4.69) is 27.1 Å². The van der Waals surface area contributed by atoms with Gasteiger partial charge >= 0.3 is 0 Å². The SMILES string of the molecule is C=CCn1c(-c2sc(NC(=O)c3ccc4c(c3)CCO4)nc2C)n[nH]c1=S. The molecule has 0 saturated carbocycles. The Bertz CT molecular complexity index is 1100. The van der Waals surface area contributed by atoms with Crippen LogP contribution in [0.4, 0.5) is 5.13 Å². The molecule has 1 amide bonds. The Balaban J connectivity index is 1.59. The molecule has 9 heteroatoms. The first-order valence-corrected chi connectivity index (χ1v) is 9.60. The Morgan fingerprint density at radius 2 is 2.41 bits per heavy atom. The molecule has 27 heavy (non-hydrogen) atoms. The quantitative estimate of drug-likeness (QED) is 0.504. The van der Waals surface area contributed by atoms with Gasteiger partial charge < -0.3 is 4.74 Å². The summed E-state index contributed by atoms with van der Waals surface area (Å²) in [4.78, 5) is 17.9. The van der Waals surface area contributed by atoms with Crippen LogP contribution in [0.15, 0.2) is 30.9 Å². The van der Waals surface area contributed by atoms with Crippen molar-refractivity contribution in [2.75, 3.05) is 11.9 Å². The molecule has 0 atom stereocenters. The van der Waals surface area contributed by atoms with Crippen LogP contribution in [-0.4, -0.2) is 32.3 Å². The number of ether oxygens (including phenoxy) is 1. The maximum absolute atomic E-state index is 12.6. The summed E-state index contributed by atoms with van der Waals surface area (Å²) in [5.74, 6) is 1.34. The first kappa shape index (κ1) is 17.6. The van der Waals surface area contributed by atoms with Crippen molar-refractivity contribution in [3.63, 3.8) is 0 Å². The van der Waals surface area contributed by atoms with Crippen molar-refractivity contribution in [1.29, 1.82) is 0 Å². The third-order valence-corrected chi connectivity index (χ3v) is 5.62. The molecular weight excluding hydrogens is 382 g/mol. The first-order chi connectivity index (χ1) is 13.1. The van der Waals surface area contributed by atoms with Crippen LogP contribution in [0.2, 0.25) is 0 Å². The van der Waals surface area contributed by atoms with Crippen molar-refractivity contribution >= 4 is 34.6 Å². The number of allylic oxidation sites excluding steroid dienone is 1. The molecule has 0 bridgehead atoms. The fraction of sp³-hybridized carbons (Fsp3) is 0.222. The van der Waals surface area contributed by atoms with Crippen LogP contribution in [-0.2, 0) is 13.0 Å². The number of aromatic amines is 1. The van der Waals surface area contributed by atoms with Crippen LogP contribution in [0, 0.1) is 11.7 Å². The molecule has 0 radical (unpaired) electrons. The van der Waals surface area contributed by atoms with Crippen LogP contribution in [0.25, 0.3) is 10.7 Å². The van der Waals surface area contributed by atoms with Crippen LogP contribution in [0.1, 0.15) is 21.6 Å². The predicted molar refractivity (Wildman–Crippen MR) is 107 cm³/mol. The number of aryl methyl sites for hydroxylation is 1. The van der Waals surface area contributed by atoms with Gasteiger partial charge in [-0.25, -0.2) is 4.98 Å². The third kappa shape index (κ3) is 3.31. The number of aromatic nitrogens is 4. The number of H-pyrrole nitrogens is 1. The number of anilines is 1. The minimum Gasteiger partial charge on any atom is -0.493 e. The van der Waals surface area contributed by atoms with E-state index in [0.29, 0.717) is 34.4 Å². The molecule has 0 spiro atoms. The van der Waals surface area contributed by atoms with E-state index in [0.717, 1.165) is 28.3 Å². The minimum atomic E-state index is -0.199. The van der Waals surface area contributed by atoms with Gasteiger partial charge in [0.25, 0.3) is 5.91 Å². The summed E-state index contributed by atoms with van der Waals surface area (Å²) in [6, 6.07) is 5.47. The highest BCUT2D eigenvalue weighted by Gasteiger charge is 2.19. The van der Waals surface area contributed by atoms with E-state index in [-0.39, 0.29) is 5.91 Å². The number of nitrogens with one attached hydrogen (secondary N) is 2. The summed E-state index contributed by atoms with van der Waals surface area (Å²) >= 11 is 6.63. The zero-order valence-electron chi connectivity index (χ0n) is 14.6. The van der Waals surface area contributed by atoms with E-state index in [1.807, 2.05) is 23.6 Å². The van der Waals surface area contributed by atoms with Gasteiger partial charge in [-0.05, 0) is 42.9 Å². The molecule has 1 aliphatic heterocycles. The van der Waals surface area contributed by atoms with E-state index in [4.69, 9.17) is 17.0 Å². The number of benzene rings is 1. The molecule has 0 aliphatic carbocycles. The molecule has 0 saturated heterocycles. The Labute approximate surface area is 164 Å². The van der Waals surface area contributed by atoms with Gasteiger partial charge in [0, 0.05) is 18.5 Å². The average Bonchev–Trinajstić information content (AvgIpc) is 3.34. The average molecular weight is 400 g/mol. The maximum Gasteiger partial charge on any atom is 0.257 e. The molecule has 3 aromatic rings. The van der Waals surface area contributed by atoms with Crippen molar-refractivity contribution in [2.24, 2.45) is 0 Å². The van der Waals surface area contributed by atoms with E-state index in [9.17, 15) is 4.79 Å². The van der Waals surface area contributed by atoms with Gasteiger partial charge in [0.1, 0.15) is 5.75 Å². The van der Waals surface area contributed by atoms with Gasteiger partial charge in [0.2, 0.25) is 0 Å². The number of thiazole rings is 1. The number of carbonyl (C=O) groups excluding carboxylic acids is 1. The second-order valence-electron chi connectivity index (χ2n) is 6.06. The van der Waals surface area contributed by atoms with Gasteiger partial charge in [-0.15, -0.1) is 6.58 Å². The lowest BCUT2D eigenvalue weighted by Gasteiger charge is -2.04. The van der Waals surface area contributed by atoms with Gasteiger partial charge in [-0.1, -0.05) is 17.4 Å². The molecule has 3 heterocycles. The standard InChI is InChI=1S/C18H17N5O2S2/c1-3-7-23-15(21-22-18(23)26)14-10(2)19-17(27-14)20-16(24)12-4-5-13-11(9-12)6-8-25-13/h3-5,9H,1,6-8H2,2H3,(H,22,26)(H,19,20,24). The molecule has 2 N–H and O–H groups in total. The summed E-state index contributed by atoms with van der Waals surface area (Å²) in [5, 5.41) is 10.5. The maximum atomic E-state index is 12.6. The second-order valence-corrected chi connectivity index (χ2v) is 7.45. The first-order valence-electron chi connectivity index (χ1n) is 8.38. The topological polar surface area (TPSA) is 84.8 Å². The second kappa shape index (κ2) is 7.09. The van der Waals surface area contributed by atoms with Crippen molar-refractivity contribution < 1.29 is 9.53 Å². The summed E-state index contributed by atoms with van der Waals surface area (Å²) < 4.78 is 7.84. The van der Waals surface area contributed by atoms with E-state index in [1.165, 1.54) is 11.3 Å². The third-order valence-electron chi connectivity index (χ3n) is 4.24. The number of rotatable bonds is 5. The predicted octanol–water partition coefficient (Wildman–Crippen LogP) is 3.75. The molecule has 138 valence electrons. The summed E-state index contributed by atoms with van der Waals surface area (Å²) in [6.45, 7) is 6.83. The van der Waals surface area contributed by atoms with Crippen LogP contribution in [0.5, 0.6) is 5.75 Å². The Morgan fingerprint density at radius 3 is 3.22 bits per heavy atom. The largest absolute Gasteiger partial charge is 0.493 e. The Hall–Kier alpha value is -2.78. The summed E-state index contributed by atoms with van der Waals surface area (Å²) in [7, 11) is 0. The van der Waals surface area contributed by atoms with Gasteiger partial charge in [0.15, 0.2) is 15.7 Å². The molecule has 4 rings (SSSR count). The van der Waals surface area contributed by atoms with Crippen molar-refractivity contribution in [3.05, 3.63) is 52.4 Å². The minimum absolute atomic E-state index is 0.199. The fourth-order valence-electron chi connectivity index (χ4n) is 2.94. The Morgan fingerprint density at radius 1 is 1.56 bits per heavy atom. The molecule has 2 aromatic heterocycles. The fourth-order valence-corrected chi connectivity index (χ4v) is 4.11. The van der Waals surface area contributed by atoms with Crippen molar-refractivity contribution in [2.45, 2.75) is 19.9 Å². The van der Waals surface area contributed by atoms with Crippen LogP contribution < -0.4 is 10.1 Å². The normalized spacial score (nSPS) is 12.5. The molecule has 1 aromatic carbocycles. The Kier molecular flexibility index (Phi) is 4.63. The number of amides is 1. The van der Waals surface area contributed by atoms with Gasteiger partial charge in [-0.3, -0.25) is 19.8 Å². The van der Waals surface area contributed by atoms with Crippen LogP contribution in [0.3, 0.4) is 0 Å². The van der Waals surface area contributed by atoms with Gasteiger partial charge in [-0.2, -0.15) is 5.10 Å². The lowest BCUT2D eigenvalue weighted by molar-refractivity contribution is 0.102. The summed E-state index contributed by atoms with van der Waals surface area (Å²) in [5.41, 5.74) is 2.42. The lowest BCUT2D eigenvalue weighted by Crippen LogP contribution is -2.11. The highest BCUT2D eigenvalue weighted by molar-refractivity contribution is 7.71. The monoisotopic (exact) mass is 399 g/mol. The zero-order chi connectivity index (χ0) is 19.0. The van der Waals surface area contributed by atoms with E-state index in [1.54, 1.807) is 12.1 Å². The summed E-state index contributed by atoms with van der Waals surface area (Å²) in [6.07, 6.45) is 2.58. The number of carbonyl (C=O) groups is 1. The molecule has 0 fully saturated rings. The van der Waals surface area contributed by atoms with Crippen molar-refractivity contribution in [1.82, 2.24) is 19.7 Å². The van der Waals surface area contributed by atoms with Gasteiger partial charge in [0.05, 0.1) is 17.2 Å². The van der Waals surface area contributed by atoms with Crippen LogP contribution >= 0.6 is 23.6 Å². The highest BCUT2D eigenvalue weighted by atomic mass is 32.1. The number of fused-ring (bicyclic) bond motifs is 1. The smallest absolute Gasteiger partial charge is 0.257 e. The lowest BCUT2D eigenvalue weighted by atomic mass is 10.1. The number of nitrogens with zero attached hydrogens (tertiary/aromatic N) is 3. The molecule has 1 aliphatic rings. The number of hydrogen-bond acceptors (Lipinski definition) is 6. The highest BCUT2D eigenvalue weighted by Crippen LogP contribution is 2.32. The zero-order valence-corrected chi connectivity index (χ0v) is 16.2. The molecule has 7 nitrogen and oxygen atoms in total. The van der Waals surface area contributed by atoms with E-state index < -0.39 is 0 Å². The number of hydrogen-bond donors (Lipinski definition) is 2. The molecular formula is C18H17N5O2S2. The van der Waals surface area contributed by atoms with E-state index >= 15 is 0 Å².